The van der Waals surface area contributed by atoms with Gasteiger partial charge in [0.25, 0.3) is 0 Å². The standard InChI is InChI=1S/C6H11N2O.BrH.H2O/c1-7-2-3-8(6-7)4-5-9;;/h2-3,6,9H,4-5H2,1H3;1H;1H2/q+1;;/p-1. The third-order valence-electron chi connectivity index (χ3n) is 1.18. The molecule has 4 nitrogen and oxygen atoms in total. The van der Waals surface area contributed by atoms with Gasteiger partial charge >= 0.3 is 0 Å². The molecule has 0 aliphatic heterocycles. The zero-order valence-electron chi connectivity index (χ0n) is 6.37. The molecule has 0 radical (unpaired) electrons. The van der Waals surface area contributed by atoms with Gasteiger partial charge in [0.2, 0.25) is 6.33 Å². The third kappa shape index (κ3) is 4.13. The molecule has 0 aliphatic rings. The van der Waals surface area contributed by atoms with Crippen LogP contribution in [0.2, 0.25) is 0 Å². The predicted molar refractivity (Wildman–Crippen MR) is 36.3 cm³/mol. The van der Waals surface area contributed by atoms with Gasteiger partial charge in [-0.05, 0) is 0 Å². The van der Waals surface area contributed by atoms with Crippen LogP contribution in [-0.4, -0.2) is 21.8 Å². The summed E-state index contributed by atoms with van der Waals surface area (Å²) in [5, 5.41) is 8.50. The van der Waals surface area contributed by atoms with Gasteiger partial charge in [-0.15, -0.1) is 0 Å². The summed E-state index contributed by atoms with van der Waals surface area (Å²) < 4.78 is 3.87. The molecule has 0 aromatic carbocycles. The molecule has 0 spiro atoms. The lowest BCUT2D eigenvalue weighted by molar-refractivity contribution is -0.671. The first-order chi connectivity index (χ1) is 4.33. The molecular weight excluding hydrogens is 212 g/mol. The first-order valence-corrected chi connectivity index (χ1v) is 2.95. The number of aryl methyl sites for hydroxylation is 1. The largest absolute Gasteiger partial charge is 1.00 e. The quantitative estimate of drug-likeness (QED) is 0.506. The van der Waals surface area contributed by atoms with Gasteiger partial charge < -0.3 is 27.6 Å². The Morgan fingerprint density at radius 3 is 2.55 bits per heavy atom. The van der Waals surface area contributed by atoms with E-state index in [4.69, 9.17) is 5.11 Å². The maximum Gasteiger partial charge on any atom is 0.243 e. The molecule has 1 aromatic heterocycles. The number of halogens is 1. The molecule has 0 fully saturated rings. The van der Waals surface area contributed by atoms with E-state index in [9.17, 15) is 0 Å². The summed E-state index contributed by atoms with van der Waals surface area (Å²) in [5.41, 5.74) is 0. The molecule has 1 aromatic rings. The monoisotopic (exact) mass is 224 g/mol. The van der Waals surface area contributed by atoms with Crippen molar-refractivity contribution in [3.05, 3.63) is 18.7 Å². The van der Waals surface area contributed by atoms with Crippen LogP contribution in [0.4, 0.5) is 0 Å². The van der Waals surface area contributed by atoms with Crippen LogP contribution in [0.5, 0.6) is 0 Å². The number of hydrogen-bond acceptors (Lipinski definition) is 1. The van der Waals surface area contributed by atoms with Crippen molar-refractivity contribution in [2.45, 2.75) is 6.54 Å². The van der Waals surface area contributed by atoms with Crippen LogP contribution in [-0.2, 0) is 13.6 Å². The fraction of sp³-hybridized carbons (Fsp3) is 0.500. The number of aromatic nitrogens is 2. The van der Waals surface area contributed by atoms with Crippen LogP contribution >= 0.6 is 0 Å². The average Bonchev–Trinajstić information content (AvgIpc) is 2.17. The van der Waals surface area contributed by atoms with Crippen molar-refractivity contribution < 1.29 is 32.1 Å². The molecule has 5 heteroatoms. The van der Waals surface area contributed by atoms with E-state index in [2.05, 4.69) is 0 Å². The number of imidazole rings is 1. The highest BCUT2D eigenvalue weighted by Gasteiger charge is 1.95. The molecule has 0 amide bonds. The minimum absolute atomic E-state index is 0. The molecule has 0 bridgehead atoms. The van der Waals surface area contributed by atoms with Gasteiger partial charge in [0, 0.05) is 0 Å². The second-order valence-electron chi connectivity index (χ2n) is 2.04. The second kappa shape index (κ2) is 6.33. The molecule has 0 aliphatic carbocycles. The average molecular weight is 225 g/mol. The molecule has 0 atom stereocenters. The zero-order valence-corrected chi connectivity index (χ0v) is 7.95. The number of aliphatic hydroxyl groups is 1. The minimum atomic E-state index is 0. The Hall–Kier alpha value is -0.390. The van der Waals surface area contributed by atoms with E-state index in [1.165, 1.54) is 0 Å². The lowest BCUT2D eigenvalue weighted by Gasteiger charge is -1.86. The van der Waals surface area contributed by atoms with Crippen LogP contribution in [0, 0.1) is 0 Å². The van der Waals surface area contributed by atoms with Gasteiger partial charge in [-0.25, -0.2) is 9.13 Å². The van der Waals surface area contributed by atoms with Crippen molar-refractivity contribution in [3.63, 3.8) is 0 Å². The minimum Gasteiger partial charge on any atom is -1.00 e. The molecule has 11 heavy (non-hydrogen) atoms. The van der Waals surface area contributed by atoms with Crippen LogP contribution in [0.25, 0.3) is 0 Å². The lowest BCUT2D eigenvalue weighted by atomic mass is 10.7. The fourth-order valence-electron chi connectivity index (χ4n) is 0.749. The van der Waals surface area contributed by atoms with E-state index in [0.29, 0.717) is 6.54 Å². The van der Waals surface area contributed by atoms with Crippen molar-refractivity contribution in [1.82, 2.24) is 4.57 Å². The molecule has 1 heterocycles. The molecule has 66 valence electrons. The Labute approximate surface area is 76.2 Å². The van der Waals surface area contributed by atoms with Gasteiger partial charge in [-0.2, -0.15) is 0 Å². The van der Waals surface area contributed by atoms with E-state index < -0.39 is 0 Å². The summed E-state index contributed by atoms with van der Waals surface area (Å²) in [6.45, 7) is 0.884. The highest BCUT2D eigenvalue weighted by Crippen LogP contribution is 1.80. The summed E-state index contributed by atoms with van der Waals surface area (Å²) in [7, 11) is 1.95. The van der Waals surface area contributed by atoms with Gasteiger partial charge in [-0.1, -0.05) is 0 Å². The van der Waals surface area contributed by atoms with Crippen LogP contribution in [0.1, 0.15) is 0 Å². The summed E-state index contributed by atoms with van der Waals surface area (Å²) in [6.07, 6.45) is 5.79. The van der Waals surface area contributed by atoms with E-state index in [1.54, 1.807) is 0 Å². The maximum atomic E-state index is 8.50. The van der Waals surface area contributed by atoms with Crippen LogP contribution < -0.4 is 21.5 Å². The van der Waals surface area contributed by atoms with E-state index in [0.717, 1.165) is 0 Å². The van der Waals surface area contributed by atoms with Gasteiger partial charge in [0.05, 0.1) is 13.7 Å². The molecular formula is C6H13BrN2O2. The Bertz CT molecular complexity index is 190. The number of aliphatic hydroxyl groups excluding tert-OH is 1. The Balaban J connectivity index is 0. The van der Waals surface area contributed by atoms with Crippen molar-refractivity contribution in [2.24, 2.45) is 7.05 Å². The summed E-state index contributed by atoms with van der Waals surface area (Å²) >= 11 is 0. The SMILES string of the molecule is C[n+]1ccn(CCO)c1.O.[Br-]. The van der Waals surface area contributed by atoms with Gasteiger partial charge in [-0.3, -0.25) is 0 Å². The predicted octanol–water partition coefficient (Wildman–Crippen LogP) is -4.52. The van der Waals surface area contributed by atoms with Crippen LogP contribution in [0.15, 0.2) is 18.7 Å². The van der Waals surface area contributed by atoms with Crippen molar-refractivity contribution >= 4 is 0 Å². The van der Waals surface area contributed by atoms with Crippen molar-refractivity contribution in [2.75, 3.05) is 6.61 Å². The molecule has 1 rings (SSSR count). The fourth-order valence-corrected chi connectivity index (χ4v) is 0.749. The summed E-state index contributed by atoms with van der Waals surface area (Å²) in [5.74, 6) is 0. The molecule has 3 N–H and O–H groups in total. The topological polar surface area (TPSA) is 60.5 Å². The highest BCUT2D eigenvalue weighted by atomic mass is 79.9. The first kappa shape index (κ1) is 13.2. The highest BCUT2D eigenvalue weighted by molar-refractivity contribution is 4.64. The Morgan fingerprint density at radius 1 is 1.55 bits per heavy atom. The van der Waals surface area contributed by atoms with Gasteiger partial charge in [0.1, 0.15) is 18.9 Å². The number of rotatable bonds is 2. The zero-order chi connectivity index (χ0) is 6.69. The summed E-state index contributed by atoms with van der Waals surface area (Å²) in [4.78, 5) is 0. The lowest BCUT2D eigenvalue weighted by Crippen LogP contribution is -3.00. The van der Waals surface area contributed by atoms with Crippen molar-refractivity contribution in [3.8, 4) is 0 Å². The molecule has 0 unspecified atom stereocenters. The number of hydrogen-bond donors (Lipinski definition) is 1. The second-order valence-corrected chi connectivity index (χ2v) is 2.04. The van der Waals surface area contributed by atoms with Crippen LogP contribution in [0.3, 0.4) is 0 Å². The normalized spacial score (nSPS) is 8.18. The third-order valence-corrected chi connectivity index (χ3v) is 1.18. The Morgan fingerprint density at radius 2 is 2.18 bits per heavy atom. The van der Waals surface area contributed by atoms with E-state index >= 15 is 0 Å². The van der Waals surface area contributed by atoms with Gasteiger partial charge in [0.15, 0.2) is 0 Å². The smallest absolute Gasteiger partial charge is 0.243 e. The Kier molecular flexibility index (Phi) is 7.60. The number of nitrogens with zero attached hydrogens (tertiary/aromatic N) is 2. The van der Waals surface area contributed by atoms with E-state index in [-0.39, 0.29) is 29.1 Å². The molecule has 0 saturated heterocycles. The maximum absolute atomic E-state index is 8.50. The summed E-state index contributed by atoms with van der Waals surface area (Å²) in [6, 6.07) is 0. The first-order valence-electron chi connectivity index (χ1n) is 2.95. The van der Waals surface area contributed by atoms with E-state index in [1.807, 2.05) is 34.9 Å². The molecule has 0 saturated carbocycles. The van der Waals surface area contributed by atoms with Crippen molar-refractivity contribution in [1.29, 1.82) is 0 Å².